The molecule has 1 fully saturated rings. The van der Waals surface area contributed by atoms with E-state index in [-0.39, 0.29) is 23.4 Å². The summed E-state index contributed by atoms with van der Waals surface area (Å²) in [6.07, 6.45) is 2.47. The van der Waals surface area contributed by atoms with Gasteiger partial charge in [0.15, 0.2) is 0 Å². The summed E-state index contributed by atoms with van der Waals surface area (Å²) in [6.45, 7) is 2.26. The number of aliphatic carboxylic acids is 1. The summed E-state index contributed by atoms with van der Waals surface area (Å²) < 4.78 is 26.8. The number of hydrogen-bond acceptors (Lipinski definition) is 2. The summed E-state index contributed by atoms with van der Waals surface area (Å²) in [7, 11) is 0. The van der Waals surface area contributed by atoms with Crippen molar-refractivity contribution in [3.8, 4) is 0 Å². The van der Waals surface area contributed by atoms with Crippen LogP contribution in [0.2, 0.25) is 0 Å². The molecule has 5 heteroatoms. The van der Waals surface area contributed by atoms with Crippen molar-refractivity contribution in [3.63, 3.8) is 0 Å². The molecule has 1 saturated carbocycles. The van der Waals surface area contributed by atoms with Gasteiger partial charge in [-0.2, -0.15) is 0 Å². The van der Waals surface area contributed by atoms with Gasteiger partial charge in [0.25, 0.3) is 0 Å². The highest BCUT2D eigenvalue weighted by Crippen LogP contribution is 2.32. The predicted octanol–water partition coefficient (Wildman–Crippen LogP) is 3.12. The van der Waals surface area contributed by atoms with Crippen molar-refractivity contribution in [1.82, 2.24) is 5.32 Å². The van der Waals surface area contributed by atoms with Gasteiger partial charge in [0, 0.05) is 11.6 Å². The third kappa shape index (κ3) is 3.33. The molecule has 110 valence electrons. The SMILES string of the molecule is CC(NCC1CCCC1C(=O)O)c1cc(F)ccc1F. The second-order valence-electron chi connectivity index (χ2n) is 5.43. The molecule has 0 amide bonds. The van der Waals surface area contributed by atoms with Gasteiger partial charge in [-0.3, -0.25) is 4.79 Å². The Kier molecular flexibility index (Phi) is 4.70. The van der Waals surface area contributed by atoms with Gasteiger partial charge < -0.3 is 10.4 Å². The van der Waals surface area contributed by atoms with Crippen molar-refractivity contribution in [2.45, 2.75) is 32.2 Å². The Labute approximate surface area is 117 Å². The first kappa shape index (κ1) is 14.9. The molecule has 0 aliphatic heterocycles. The van der Waals surface area contributed by atoms with Crippen LogP contribution in [0.4, 0.5) is 8.78 Å². The molecule has 2 N–H and O–H groups in total. The molecule has 1 aliphatic rings. The number of hydrogen-bond donors (Lipinski definition) is 2. The largest absolute Gasteiger partial charge is 0.481 e. The summed E-state index contributed by atoms with van der Waals surface area (Å²) in [4.78, 5) is 11.1. The highest BCUT2D eigenvalue weighted by atomic mass is 19.1. The van der Waals surface area contributed by atoms with Gasteiger partial charge in [-0.05, 0) is 50.4 Å². The Morgan fingerprint density at radius 1 is 1.45 bits per heavy atom. The number of rotatable bonds is 5. The molecule has 0 spiro atoms. The molecule has 1 aromatic rings. The second-order valence-corrected chi connectivity index (χ2v) is 5.43. The molecule has 3 nitrogen and oxygen atoms in total. The zero-order valence-electron chi connectivity index (χ0n) is 11.4. The highest BCUT2D eigenvalue weighted by Gasteiger charge is 2.32. The highest BCUT2D eigenvalue weighted by molar-refractivity contribution is 5.70. The normalized spacial score (nSPS) is 23.8. The van der Waals surface area contributed by atoms with Gasteiger partial charge in [0.1, 0.15) is 11.6 Å². The molecule has 3 unspecified atom stereocenters. The molecule has 3 atom stereocenters. The van der Waals surface area contributed by atoms with Crippen molar-refractivity contribution < 1.29 is 18.7 Å². The fourth-order valence-electron chi connectivity index (χ4n) is 2.89. The topological polar surface area (TPSA) is 49.3 Å². The first-order valence-electron chi connectivity index (χ1n) is 6.90. The lowest BCUT2D eigenvalue weighted by molar-refractivity contribution is -0.142. The number of benzene rings is 1. The maximum Gasteiger partial charge on any atom is 0.306 e. The maximum absolute atomic E-state index is 13.6. The van der Waals surface area contributed by atoms with Crippen molar-refractivity contribution in [2.24, 2.45) is 11.8 Å². The third-order valence-electron chi connectivity index (χ3n) is 4.09. The molecule has 2 rings (SSSR count). The first-order chi connectivity index (χ1) is 9.49. The molecule has 1 aromatic carbocycles. The summed E-state index contributed by atoms with van der Waals surface area (Å²) in [5.74, 6) is -1.95. The minimum atomic E-state index is -0.765. The zero-order valence-corrected chi connectivity index (χ0v) is 11.4. The molecule has 0 saturated heterocycles. The fraction of sp³-hybridized carbons (Fsp3) is 0.533. The smallest absolute Gasteiger partial charge is 0.306 e. The summed E-state index contributed by atoms with van der Waals surface area (Å²) in [5.41, 5.74) is 0.273. The van der Waals surface area contributed by atoms with E-state index in [2.05, 4.69) is 5.32 Å². The summed E-state index contributed by atoms with van der Waals surface area (Å²) in [5, 5.41) is 12.2. The van der Waals surface area contributed by atoms with Crippen molar-refractivity contribution in [1.29, 1.82) is 0 Å². The van der Waals surface area contributed by atoms with Gasteiger partial charge >= 0.3 is 5.97 Å². The van der Waals surface area contributed by atoms with Crippen LogP contribution in [0.5, 0.6) is 0 Å². The van der Waals surface area contributed by atoms with Crippen LogP contribution in [0.15, 0.2) is 18.2 Å². The molecule has 1 aliphatic carbocycles. The van der Waals surface area contributed by atoms with E-state index in [1.54, 1.807) is 6.92 Å². The van der Waals surface area contributed by atoms with Crippen LogP contribution in [0, 0.1) is 23.5 Å². The average Bonchev–Trinajstić information content (AvgIpc) is 2.87. The standard InChI is InChI=1S/C15H19F2NO2/c1-9(13-7-11(16)5-6-14(13)17)18-8-10-3-2-4-12(10)15(19)20/h5-7,9-10,12,18H,2-4,8H2,1H3,(H,19,20). The molecule has 0 aromatic heterocycles. The van der Waals surface area contributed by atoms with E-state index in [9.17, 15) is 13.6 Å². The predicted molar refractivity (Wildman–Crippen MR) is 71.2 cm³/mol. The van der Waals surface area contributed by atoms with Gasteiger partial charge in [-0.15, -0.1) is 0 Å². The number of carboxylic acid groups (broad SMARTS) is 1. The van der Waals surface area contributed by atoms with E-state index in [4.69, 9.17) is 5.11 Å². The van der Waals surface area contributed by atoms with Crippen LogP contribution >= 0.6 is 0 Å². The average molecular weight is 283 g/mol. The van der Waals surface area contributed by atoms with E-state index in [0.717, 1.165) is 25.0 Å². The summed E-state index contributed by atoms with van der Waals surface area (Å²) >= 11 is 0. The van der Waals surface area contributed by atoms with E-state index in [1.807, 2.05) is 0 Å². The zero-order chi connectivity index (χ0) is 14.7. The van der Waals surface area contributed by atoms with Crippen LogP contribution in [-0.4, -0.2) is 17.6 Å². The Hall–Kier alpha value is -1.49. The van der Waals surface area contributed by atoms with E-state index < -0.39 is 17.6 Å². The Bertz CT molecular complexity index is 493. The maximum atomic E-state index is 13.6. The lowest BCUT2D eigenvalue weighted by Crippen LogP contribution is -2.31. The third-order valence-corrected chi connectivity index (χ3v) is 4.09. The van der Waals surface area contributed by atoms with Crippen molar-refractivity contribution in [2.75, 3.05) is 6.54 Å². The Morgan fingerprint density at radius 2 is 2.20 bits per heavy atom. The van der Waals surface area contributed by atoms with Crippen LogP contribution in [-0.2, 0) is 4.79 Å². The van der Waals surface area contributed by atoms with Crippen molar-refractivity contribution in [3.05, 3.63) is 35.4 Å². The van der Waals surface area contributed by atoms with Crippen LogP contribution in [0.3, 0.4) is 0 Å². The van der Waals surface area contributed by atoms with Crippen LogP contribution < -0.4 is 5.32 Å². The molecular weight excluding hydrogens is 264 g/mol. The van der Waals surface area contributed by atoms with Crippen LogP contribution in [0.25, 0.3) is 0 Å². The second kappa shape index (κ2) is 6.31. The number of carboxylic acids is 1. The Balaban J connectivity index is 1.96. The Morgan fingerprint density at radius 3 is 2.90 bits per heavy atom. The van der Waals surface area contributed by atoms with Crippen LogP contribution in [0.1, 0.15) is 37.8 Å². The number of halogens is 2. The molecule has 0 heterocycles. The number of carbonyl (C=O) groups is 1. The number of nitrogens with one attached hydrogen (secondary N) is 1. The molecular formula is C15H19F2NO2. The van der Waals surface area contributed by atoms with E-state index in [1.165, 1.54) is 6.07 Å². The van der Waals surface area contributed by atoms with Gasteiger partial charge in [0.05, 0.1) is 5.92 Å². The fourth-order valence-corrected chi connectivity index (χ4v) is 2.89. The first-order valence-corrected chi connectivity index (χ1v) is 6.90. The van der Waals surface area contributed by atoms with Gasteiger partial charge in [-0.25, -0.2) is 8.78 Å². The lowest BCUT2D eigenvalue weighted by Gasteiger charge is -2.20. The van der Waals surface area contributed by atoms with Crippen molar-refractivity contribution >= 4 is 5.97 Å². The molecule has 0 radical (unpaired) electrons. The minimum absolute atomic E-state index is 0.0616. The van der Waals surface area contributed by atoms with E-state index >= 15 is 0 Å². The van der Waals surface area contributed by atoms with Gasteiger partial charge in [-0.1, -0.05) is 6.42 Å². The summed E-state index contributed by atoms with van der Waals surface area (Å²) in [6, 6.07) is 3.03. The van der Waals surface area contributed by atoms with Gasteiger partial charge in [0.2, 0.25) is 0 Å². The molecule has 0 bridgehead atoms. The quantitative estimate of drug-likeness (QED) is 0.873. The monoisotopic (exact) mass is 283 g/mol. The lowest BCUT2D eigenvalue weighted by atomic mass is 9.95. The molecule has 20 heavy (non-hydrogen) atoms. The van der Waals surface area contributed by atoms with E-state index in [0.29, 0.717) is 13.0 Å². The minimum Gasteiger partial charge on any atom is -0.481 e.